The third-order valence-electron chi connectivity index (χ3n) is 3.03. The number of benzene rings is 1. The molecule has 9 nitrogen and oxygen atoms in total. The Balaban J connectivity index is 2.28. The van der Waals surface area contributed by atoms with Gasteiger partial charge in [-0.05, 0) is 19.9 Å². The van der Waals surface area contributed by atoms with Crippen LogP contribution >= 0.6 is 0 Å². The van der Waals surface area contributed by atoms with E-state index < -0.39 is 9.85 Å². The molecule has 2 rings (SSSR count). The molecule has 0 bridgehead atoms. The molecule has 0 aliphatic heterocycles. The van der Waals surface area contributed by atoms with Crippen molar-refractivity contribution >= 4 is 17.1 Å². The molecule has 0 amide bonds. The van der Waals surface area contributed by atoms with E-state index in [1.165, 1.54) is 12.1 Å². The van der Waals surface area contributed by atoms with Gasteiger partial charge in [-0.25, -0.2) is 0 Å². The fourth-order valence-corrected chi connectivity index (χ4v) is 1.87. The van der Waals surface area contributed by atoms with Gasteiger partial charge < -0.3 is 9.84 Å². The van der Waals surface area contributed by atoms with E-state index >= 15 is 0 Å². The highest BCUT2D eigenvalue weighted by Crippen LogP contribution is 2.29. The zero-order chi connectivity index (χ0) is 15.6. The lowest BCUT2D eigenvalue weighted by Crippen LogP contribution is -2.04. The van der Waals surface area contributed by atoms with Crippen LogP contribution in [0, 0.1) is 34.1 Å². The molecule has 0 fully saturated rings. The van der Waals surface area contributed by atoms with Crippen molar-refractivity contribution < 1.29 is 14.4 Å². The van der Waals surface area contributed by atoms with Crippen LogP contribution in [0.2, 0.25) is 0 Å². The number of nitrogens with one attached hydrogen (secondary N) is 1. The molecule has 1 aromatic heterocycles. The molecule has 0 aliphatic rings. The Bertz CT molecular complexity index is 690. The fraction of sp³-hybridized carbons (Fsp3) is 0.250. The molecule has 0 saturated carbocycles. The molecular formula is C12H12N4O5. The Labute approximate surface area is 118 Å². The van der Waals surface area contributed by atoms with Crippen LogP contribution in [0.15, 0.2) is 22.7 Å². The van der Waals surface area contributed by atoms with Gasteiger partial charge in [0.05, 0.1) is 21.6 Å². The van der Waals surface area contributed by atoms with Crippen LogP contribution in [0.25, 0.3) is 0 Å². The van der Waals surface area contributed by atoms with Gasteiger partial charge in [-0.2, -0.15) is 0 Å². The third-order valence-corrected chi connectivity index (χ3v) is 3.03. The molecule has 0 aliphatic carbocycles. The van der Waals surface area contributed by atoms with Gasteiger partial charge in [0.25, 0.3) is 11.4 Å². The zero-order valence-electron chi connectivity index (χ0n) is 11.3. The van der Waals surface area contributed by atoms with Crippen LogP contribution in [-0.4, -0.2) is 15.0 Å². The molecule has 110 valence electrons. The minimum atomic E-state index is -0.676. The second kappa shape index (κ2) is 5.57. The predicted molar refractivity (Wildman–Crippen MR) is 73.1 cm³/mol. The molecule has 21 heavy (non-hydrogen) atoms. The number of hydrogen-bond acceptors (Lipinski definition) is 7. The van der Waals surface area contributed by atoms with Crippen LogP contribution in [-0.2, 0) is 6.54 Å². The maximum atomic E-state index is 11.0. The van der Waals surface area contributed by atoms with Crippen molar-refractivity contribution in [2.24, 2.45) is 0 Å². The van der Waals surface area contributed by atoms with E-state index in [2.05, 4.69) is 10.5 Å². The number of rotatable bonds is 5. The summed E-state index contributed by atoms with van der Waals surface area (Å²) in [5, 5.41) is 28.3. The van der Waals surface area contributed by atoms with Crippen molar-refractivity contribution in [1.82, 2.24) is 5.16 Å². The molecule has 1 aromatic carbocycles. The smallest absolute Gasteiger partial charge is 0.299 e. The average molecular weight is 292 g/mol. The summed E-state index contributed by atoms with van der Waals surface area (Å²) < 4.78 is 5.00. The third kappa shape index (κ3) is 2.96. The fourth-order valence-electron chi connectivity index (χ4n) is 1.87. The van der Waals surface area contributed by atoms with Crippen LogP contribution in [0.5, 0.6) is 0 Å². The maximum absolute atomic E-state index is 11.0. The minimum absolute atomic E-state index is 0.200. The maximum Gasteiger partial charge on any atom is 0.299 e. The van der Waals surface area contributed by atoms with Crippen molar-refractivity contribution in [2.75, 3.05) is 5.32 Å². The van der Waals surface area contributed by atoms with Crippen molar-refractivity contribution in [3.8, 4) is 0 Å². The van der Waals surface area contributed by atoms with E-state index in [-0.39, 0.29) is 23.6 Å². The second-order valence-corrected chi connectivity index (χ2v) is 4.37. The van der Waals surface area contributed by atoms with E-state index in [1.807, 2.05) is 0 Å². The van der Waals surface area contributed by atoms with E-state index in [4.69, 9.17) is 4.52 Å². The summed E-state index contributed by atoms with van der Waals surface area (Å²) in [4.78, 5) is 20.3. The Morgan fingerprint density at radius 1 is 1.24 bits per heavy atom. The van der Waals surface area contributed by atoms with Crippen LogP contribution in [0.1, 0.15) is 17.0 Å². The van der Waals surface area contributed by atoms with E-state index in [9.17, 15) is 20.2 Å². The number of nitro groups is 2. The van der Waals surface area contributed by atoms with Crippen molar-refractivity contribution in [3.63, 3.8) is 0 Å². The van der Waals surface area contributed by atoms with Crippen LogP contribution in [0.4, 0.5) is 17.1 Å². The first-order chi connectivity index (χ1) is 9.90. The molecule has 9 heteroatoms. The molecule has 0 atom stereocenters. The van der Waals surface area contributed by atoms with Gasteiger partial charge >= 0.3 is 0 Å². The lowest BCUT2D eigenvalue weighted by Gasteiger charge is -2.06. The number of aryl methyl sites for hydroxylation is 2. The summed E-state index contributed by atoms with van der Waals surface area (Å²) in [5.74, 6) is 0.615. The largest absolute Gasteiger partial charge is 0.375 e. The highest BCUT2D eigenvalue weighted by Gasteiger charge is 2.20. The van der Waals surface area contributed by atoms with Gasteiger partial charge in [0.1, 0.15) is 11.4 Å². The molecule has 0 unspecified atom stereocenters. The lowest BCUT2D eigenvalue weighted by molar-refractivity contribution is -0.393. The highest BCUT2D eigenvalue weighted by atomic mass is 16.6. The molecule has 2 aromatic rings. The Hall–Kier alpha value is -2.97. The van der Waals surface area contributed by atoms with Gasteiger partial charge in [-0.1, -0.05) is 5.16 Å². The molecule has 0 saturated heterocycles. The molecule has 1 heterocycles. The summed E-state index contributed by atoms with van der Waals surface area (Å²) in [6.45, 7) is 3.78. The van der Waals surface area contributed by atoms with Crippen molar-refractivity contribution in [3.05, 3.63) is 55.4 Å². The van der Waals surface area contributed by atoms with Gasteiger partial charge in [0.2, 0.25) is 0 Å². The summed E-state index contributed by atoms with van der Waals surface area (Å²) in [6.07, 6.45) is 0. The number of nitro benzene ring substituents is 2. The monoisotopic (exact) mass is 292 g/mol. The first-order valence-corrected chi connectivity index (χ1v) is 5.98. The van der Waals surface area contributed by atoms with Gasteiger partial charge in [0.15, 0.2) is 0 Å². The molecule has 0 spiro atoms. The normalized spacial score (nSPS) is 10.4. The van der Waals surface area contributed by atoms with Gasteiger partial charge in [0, 0.05) is 18.2 Å². The average Bonchev–Trinajstić information content (AvgIpc) is 2.75. The quantitative estimate of drug-likeness (QED) is 0.663. The van der Waals surface area contributed by atoms with Gasteiger partial charge in [-0.15, -0.1) is 0 Å². The number of non-ortho nitro benzene ring substituents is 1. The van der Waals surface area contributed by atoms with Crippen molar-refractivity contribution in [1.29, 1.82) is 0 Å². The SMILES string of the molecule is Cc1noc(C)c1CNc1ccc([N+](=O)[O-])cc1[N+](=O)[O-]. The molecule has 1 N–H and O–H groups in total. The number of hydrogen-bond donors (Lipinski definition) is 1. The standard InChI is InChI=1S/C12H12N4O5/c1-7-10(8(2)21-14-7)6-13-11-4-3-9(15(17)18)5-12(11)16(19)20/h3-5,13H,6H2,1-2H3. The first kappa shape index (κ1) is 14.4. The highest BCUT2D eigenvalue weighted by molar-refractivity contribution is 5.65. The molecular weight excluding hydrogens is 280 g/mol. The molecule has 0 radical (unpaired) electrons. The van der Waals surface area contributed by atoms with Crippen molar-refractivity contribution in [2.45, 2.75) is 20.4 Å². The number of nitrogens with zero attached hydrogens (tertiary/aromatic N) is 3. The minimum Gasteiger partial charge on any atom is -0.375 e. The first-order valence-electron chi connectivity index (χ1n) is 5.98. The zero-order valence-corrected chi connectivity index (χ0v) is 11.3. The number of aromatic nitrogens is 1. The number of anilines is 1. The lowest BCUT2D eigenvalue weighted by atomic mass is 10.2. The van der Waals surface area contributed by atoms with E-state index in [1.54, 1.807) is 13.8 Å². The summed E-state index contributed by atoms with van der Waals surface area (Å²) >= 11 is 0. The second-order valence-electron chi connectivity index (χ2n) is 4.37. The van der Waals surface area contributed by atoms with E-state index in [0.29, 0.717) is 11.5 Å². The van der Waals surface area contributed by atoms with E-state index in [0.717, 1.165) is 11.6 Å². The summed E-state index contributed by atoms with van der Waals surface area (Å²) in [7, 11) is 0. The summed E-state index contributed by atoms with van der Waals surface area (Å²) in [5.41, 5.74) is 0.998. The Morgan fingerprint density at radius 3 is 2.48 bits per heavy atom. The van der Waals surface area contributed by atoms with Crippen LogP contribution in [0.3, 0.4) is 0 Å². The van der Waals surface area contributed by atoms with Crippen LogP contribution < -0.4 is 5.32 Å². The Morgan fingerprint density at radius 2 is 1.95 bits per heavy atom. The topological polar surface area (TPSA) is 124 Å². The van der Waals surface area contributed by atoms with Gasteiger partial charge in [-0.3, -0.25) is 20.2 Å². The summed E-state index contributed by atoms with van der Waals surface area (Å²) in [6, 6.07) is 3.45. The predicted octanol–water partition coefficient (Wildman–Crippen LogP) is 2.72. The Kier molecular flexibility index (Phi) is 3.83.